The van der Waals surface area contributed by atoms with Crippen LogP contribution in [0.3, 0.4) is 0 Å². The zero-order valence-corrected chi connectivity index (χ0v) is 16.8. The van der Waals surface area contributed by atoms with E-state index in [0.717, 1.165) is 11.3 Å². The van der Waals surface area contributed by atoms with E-state index in [1.807, 2.05) is 6.07 Å². The number of fused-ring (bicyclic) bond motifs is 3. The first-order chi connectivity index (χ1) is 15.2. The van der Waals surface area contributed by atoms with E-state index in [9.17, 15) is 9.18 Å². The number of benzene rings is 1. The third-order valence-corrected chi connectivity index (χ3v) is 5.46. The Morgan fingerprint density at radius 2 is 2.19 bits per heavy atom. The molecule has 2 bridgehead atoms. The number of nitrogens with zero attached hydrogens (tertiary/aromatic N) is 1. The van der Waals surface area contributed by atoms with Crippen molar-refractivity contribution in [3.63, 3.8) is 0 Å². The van der Waals surface area contributed by atoms with Gasteiger partial charge in [0.1, 0.15) is 12.4 Å². The summed E-state index contributed by atoms with van der Waals surface area (Å²) in [6, 6.07) is 6.40. The van der Waals surface area contributed by atoms with Gasteiger partial charge < -0.3 is 29.8 Å². The van der Waals surface area contributed by atoms with Gasteiger partial charge in [0.2, 0.25) is 0 Å². The quantitative estimate of drug-likeness (QED) is 0.598. The van der Waals surface area contributed by atoms with Crippen LogP contribution in [0.15, 0.2) is 36.7 Å². The van der Waals surface area contributed by atoms with Crippen LogP contribution in [0.2, 0.25) is 0 Å². The lowest BCUT2D eigenvalue weighted by atomic mass is 9.97. The van der Waals surface area contributed by atoms with Crippen LogP contribution in [0.25, 0.3) is 11.3 Å². The highest BCUT2D eigenvalue weighted by molar-refractivity contribution is 6.07. The number of aromatic nitrogens is 2. The van der Waals surface area contributed by atoms with Gasteiger partial charge in [-0.25, -0.2) is 4.39 Å². The van der Waals surface area contributed by atoms with Gasteiger partial charge in [-0.15, -0.1) is 0 Å². The first-order valence-electron chi connectivity index (χ1n) is 9.96. The molecule has 8 nitrogen and oxygen atoms in total. The minimum absolute atomic E-state index is 0.0557. The van der Waals surface area contributed by atoms with Gasteiger partial charge in [-0.1, -0.05) is 6.07 Å². The number of nitrogens with one attached hydrogen (secondary N) is 3. The minimum Gasteiger partial charge on any atom is -0.492 e. The summed E-state index contributed by atoms with van der Waals surface area (Å²) in [6.45, 7) is 1.68. The Labute approximate surface area is 177 Å². The number of hydrogen-bond donors (Lipinski definition) is 3. The minimum atomic E-state index is -0.503. The van der Waals surface area contributed by atoms with Crippen LogP contribution in [-0.2, 0) is 4.74 Å². The number of ether oxygens (including phenoxy) is 3. The SMILES string of the molecule is COc1c(F)cccc1Nc1c2[nH]c3c1C(=O)NC[C@@H]3COCCOc1cnccc1-2. The lowest BCUT2D eigenvalue weighted by molar-refractivity contribution is 0.0810. The molecule has 0 saturated heterocycles. The molecule has 4 heterocycles. The number of carbonyl (C=O) groups excluding carboxylic acids is 1. The maximum Gasteiger partial charge on any atom is 0.255 e. The lowest BCUT2D eigenvalue weighted by Gasteiger charge is -2.24. The van der Waals surface area contributed by atoms with Gasteiger partial charge in [0, 0.05) is 29.9 Å². The monoisotopic (exact) mass is 424 g/mol. The van der Waals surface area contributed by atoms with Crippen LogP contribution in [0.1, 0.15) is 22.0 Å². The molecule has 3 N–H and O–H groups in total. The lowest BCUT2D eigenvalue weighted by Crippen LogP contribution is -2.37. The van der Waals surface area contributed by atoms with Crippen LogP contribution in [-0.4, -0.2) is 49.4 Å². The van der Waals surface area contributed by atoms with E-state index in [1.54, 1.807) is 24.5 Å². The molecule has 2 aliphatic rings. The molecular weight excluding hydrogens is 403 g/mol. The van der Waals surface area contributed by atoms with Crippen molar-refractivity contribution < 1.29 is 23.4 Å². The number of halogens is 1. The Kier molecular flexibility index (Phi) is 4.95. The third kappa shape index (κ3) is 3.36. The summed E-state index contributed by atoms with van der Waals surface area (Å²) < 4.78 is 31.2. The molecule has 9 heteroatoms. The summed E-state index contributed by atoms with van der Waals surface area (Å²) in [7, 11) is 1.40. The second kappa shape index (κ2) is 7.92. The molecule has 0 fully saturated rings. The van der Waals surface area contributed by atoms with Crippen molar-refractivity contribution in [2.24, 2.45) is 0 Å². The third-order valence-electron chi connectivity index (χ3n) is 5.46. The first kappa shape index (κ1) is 19.4. The van der Waals surface area contributed by atoms with Gasteiger partial charge in [0.25, 0.3) is 5.91 Å². The first-order valence-corrected chi connectivity index (χ1v) is 9.96. The Morgan fingerprint density at radius 1 is 1.29 bits per heavy atom. The fraction of sp³-hybridized carbons (Fsp3) is 0.273. The molecule has 2 aromatic heterocycles. The highest BCUT2D eigenvalue weighted by atomic mass is 19.1. The zero-order valence-electron chi connectivity index (χ0n) is 16.8. The van der Waals surface area contributed by atoms with Crippen LogP contribution >= 0.6 is 0 Å². The number of pyridine rings is 1. The smallest absolute Gasteiger partial charge is 0.255 e. The number of aromatic amines is 1. The molecule has 0 saturated carbocycles. The summed E-state index contributed by atoms with van der Waals surface area (Å²) in [4.78, 5) is 20.5. The average Bonchev–Trinajstić information content (AvgIpc) is 3.13. The van der Waals surface area contributed by atoms with Crippen molar-refractivity contribution in [3.8, 4) is 22.8 Å². The average molecular weight is 424 g/mol. The van der Waals surface area contributed by atoms with Crippen molar-refractivity contribution in [1.29, 1.82) is 0 Å². The molecule has 0 radical (unpaired) electrons. The van der Waals surface area contributed by atoms with Crippen molar-refractivity contribution in [2.75, 3.05) is 38.8 Å². The molecule has 5 rings (SSSR count). The molecule has 160 valence electrons. The summed E-state index contributed by atoms with van der Waals surface area (Å²) in [5.41, 5.74) is 3.53. The molecule has 2 aliphatic heterocycles. The largest absolute Gasteiger partial charge is 0.492 e. The van der Waals surface area contributed by atoms with E-state index >= 15 is 0 Å². The number of anilines is 2. The zero-order chi connectivity index (χ0) is 21.4. The van der Waals surface area contributed by atoms with Crippen molar-refractivity contribution in [3.05, 3.63) is 53.7 Å². The van der Waals surface area contributed by atoms with E-state index < -0.39 is 5.82 Å². The predicted molar refractivity (Wildman–Crippen MR) is 112 cm³/mol. The topological polar surface area (TPSA) is 97.5 Å². The standard InChI is InChI=1S/C22H21FN4O4/c1-29-21-14(23)3-2-4-15(21)26-20-17-18-12(9-25-22(17)28)11-30-7-8-31-16-10-24-6-5-13(16)19(20)27-18/h2-6,10,12,26-27H,7-9,11H2,1H3,(H,25,28)/t12-/m1/s1. The number of hydrogen-bond acceptors (Lipinski definition) is 6. The highest BCUT2D eigenvalue weighted by Gasteiger charge is 2.34. The Morgan fingerprint density at radius 3 is 3.06 bits per heavy atom. The normalized spacial score (nSPS) is 17.6. The van der Waals surface area contributed by atoms with Crippen molar-refractivity contribution in [1.82, 2.24) is 15.3 Å². The van der Waals surface area contributed by atoms with E-state index in [0.29, 0.717) is 54.7 Å². The molecule has 1 amide bonds. The summed E-state index contributed by atoms with van der Waals surface area (Å²) in [5.74, 6) is -0.166. The van der Waals surface area contributed by atoms with E-state index in [1.165, 1.54) is 13.2 Å². The van der Waals surface area contributed by atoms with Crippen LogP contribution in [0.5, 0.6) is 11.5 Å². The number of para-hydroxylation sites is 1. The molecule has 3 aromatic rings. The van der Waals surface area contributed by atoms with Crippen molar-refractivity contribution in [2.45, 2.75) is 5.92 Å². The number of methoxy groups -OCH3 is 1. The van der Waals surface area contributed by atoms with Crippen LogP contribution in [0.4, 0.5) is 15.8 Å². The van der Waals surface area contributed by atoms with Crippen molar-refractivity contribution >= 4 is 17.3 Å². The Balaban J connectivity index is 1.74. The second-order valence-electron chi connectivity index (χ2n) is 7.31. The van der Waals surface area contributed by atoms with Gasteiger partial charge in [0.05, 0.1) is 49.2 Å². The number of carbonyl (C=O) groups is 1. The molecule has 0 aliphatic carbocycles. The van der Waals surface area contributed by atoms with E-state index in [4.69, 9.17) is 14.2 Å². The molecule has 31 heavy (non-hydrogen) atoms. The second-order valence-corrected chi connectivity index (χ2v) is 7.31. The summed E-state index contributed by atoms with van der Waals surface area (Å²) >= 11 is 0. The van der Waals surface area contributed by atoms with Gasteiger partial charge in [0.15, 0.2) is 11.6 Å². The maximum absolute atomic E-state index is 14.3. The van der Waals surface area contributed by atoms with Crippen LogP contribution in [0, 0.1) is 5.82 Å². The van der Waals surface area contributed by atoms with E-state index in [-0.39, 0.29) is 17.6 Å². The predicted octanol–water partition coefficient (Wildman–Crippen LogP) is 3.20. The number of rotatable bonds is 3. The molecule has 0 unspecified atom stereocenters. The number of amides is 1. The molecule has 1 aromatic carbocycles. The van der Waals surface area contributed by atoms with E-state index in [2.05, 4.69) is 20.6 Å². The fourth-order valence-electron chi connectivity index (χ4n) is 4.02. The Hall–Kier alpha value is -3.59. The van der Waals surface area contributed by atoms with Gasteiger partial charge in [-0.05, 0) is 18.2 Å². The summed E-state index contributed by atoms with van der Waals surface area (Å²) in [6.07, 6.45) is 3.28. The van der Waals surface area contributed by atoms with Gasteiger partial charge >= 0.3 is 0 Å². The molecule has 0 spiro atoms. The molecular formula is C22H21FN4O4. The number of H-pyrrole nitrogens is 1. The maximum atomic E-state index is 14.3. The van der Waals surface area contributed by atoms with Gasteiger partial charge in [-0.2, -0.15) is 0 Å². The van der Waals surface area contributed by atoms with Gasteiger partial charge in [-0.3, -0.25) is 9.78 Å². The fourth-order valence-corrected chi connectivity index (χ4v) is 4.02. The summed E-state index contributed by atoms with van der Waals surface area (Å²) in [5, 5.41) is 6.16. The molecule has 1 atom stereocenters. The highest BCUT2D eigenvalue weighted by Crippen LogP contribution is 2.43. The van der Waals surface area contributed by atoms with Crippen LogP contribution < -0.4 is 20.1 Å². The Bertz CT molecular complexity index is 1150.